The van der Waals surface area contributed by atoms with Gasteiger partial charge in [0.05, 0.1) is 17.0 Å². The molecule has 0 aromatic heterocycles. The van der Waals surface area contributed by atoms with Crippen LogP contribution in [0.15, 0.2) is 42.5 Å². The molecule has 0 bridgehead atoms. The van der Waals surface area contributed by atoms with Crippen LogP contribution in [-0.2, 0) is 16.4 Å². The summed E-state index contributed by atoms with van der Waals surface area (Å²) in [6.07, 6.45) is 1.61. The van der Waals surface area contributed by atoms with E-state index in [2.05, 4.69) is 10.0 Å². The van der Waals surface area contributed by atoms with E-state index in [0.717, 1.165) is 17.9 Å². The summed E-state index contributed by atoms with van der Waals surface area (Å²) in [5.41, 5.74) is 1.63. The molecule has 0 atom stereocenters. The molecule has 0 spiro atoms. The van der Waals surface area contributed by atoms with Crippen molar-refractivity contribution in [2.75, 3.05) is 18.1 Å². The number of benzene rings is 2. The number of sulfonamides is 1. The topological polar surface area (TPSA) is 75.3 Å². The number of hydrogen-bond donors (Lipinski definition) is 2. The average molecular weight is 371 g/mol. The zero-order chi connectivity index (χ0) is 17.7. The number of carbonyl (C=O) groups excluding carboxylic acids is 1. The van der Waals surface area contributed by atoms with Crippen molar-refractivity contribution in [3.63, 3.8) is 0 Å². The first kappa shape index (κ1) is 18.4. The Hall–Kier alpha value is -1.96. The molecule has 0 heterocycles. The Morgan fingerprint density at radius 2 is 1.83 bits per heavy atom. The van der Waals surface area contributed by atoms with E-state index in [4.69, 9.17) is 11.6 Å². The van der Waals surface area contributed by atoms with Crippen LogP contribution in [0.4, 0.5) is 10.1 Å². The highest BCUT2D eigenvalue weighted by Gasteiger charge is 2.09. The van der Waals surface area contributed by atoms with Gasteiger partial charge in [-0.05, 0) is 42.3 Å². The number of carbonyl (C=O) groups is 1. The summed E-state index contributed by atoms with van der Waals surface area (Å²) in [4.78, 5) is 12.2. The molecule has 0 unspecified atom stereocenters. The minimum atomic E-state index is -3.21. The molecular weight excluding hydrogens is 355 g/mol. The molecule has 0 aliphatic carbocycles. The summed E-state index contributed by atoms with van der Waals surface area (Å²) in [6, 6.07) is 10.5. The molecule has 0 aliphatic heterocycles. The summed E-state index contributed by atoms with van der Waals surface area (Å²) < 4.78 is 37.4. The fourth-order valence-corrected chi connectivity index (χ4v) is 2.68. The lowest BCUT2D eigenvalue weighted by molar-refractivity contribution is 0.102. The molecule has 2 aromatic carbocycles. The standard InChI is InChI=1S/C16H16ClFN2O3S/c1-24(22,23)19-9-8-11-2-4-12(5-3-11)16(21)20-15-7-6-13(18)10-14(15)17/h2-7,10,19H,8-9H2,1H3,(H,20,21). The maximum atomic E-state index is 13.0. The van der Waals surface area contributed by atoms with Crippen LogP contribution in [0.25, 0.3) is 0 Å². The predicted octanol–water partition coefficient (Wildman–Crippen LogP) is 2.82. The first-order valence-corrected chi connectivity index (χ1v) is 9.31. The molecule has 2 rings (SSSR count). The van der Waals surface area contributed by atoms with Gasteiger partial charge in [0.1, 0.15) is 5.82 Å². The van der Waals surface area contributed by atoms with E-state index in [0.29, 0.717) is 17.7 Å². The molecule has 8 heteroatoms. The van der Waals surface area contributed by atoms with Gasteiger partial charge in [-0.1, -0.05) is 23.7 Å². The van der Waals surface area contributed by atoms with Crippen molar-refractivity contribution in [1.29, 1.82) is 0 Å². The van der Waals surface area contributed by atoms with Crippen molar-refractivity contribution in [2.24, 2.45) is 0 Å². The first-order chi connectivity index (χ1) is 11.2. The SMILES string of the molecule is CS(=O)(=O)NCCc1ccc(C(=O)Nc2ccc(F)cc2Cl)cc1. The van der Waals surface area contributed by atoms with Gasteiger partial charge in [0.25, 0.3) is 5.91 Å². The lowest BCUT2D eigenvalue weighted by atomic mass is 10.1. The van der Waals surface area contributed by atoms with Crippen molar-refractivity contribution in [2.45, 2.75) is 6.42 Å². The van der Waals surface area contributed by atoms with E-state index in [9.17, 15) is 17.6 Å². The van der Waals surface area contributed by atoms with Crippen molar-refractivity contribution >= 4 is 33.2 Å². The van der Waals surface area contributed by atoms with Gasteiger partial charge in [0.15, 0.2) is 0 Å². The van der Waals surface area contributed by atoms with Crippen LogP contribution in [0.3, 0.4) is 0 Å². The molecule has 0 aliphatic rings. The number of hydrogen-bond acceptors (Lipinski definition) is 3. The van der Waals surface area contributed by atoms with E-state index in [1.165, 1.54) is 12.1 Å². The summed E-state index contributed by atoms with van der Waals surface area (Å²) in [5, 5.41) is 2.72. The Morgan fingerprint density at radius 1 is 1.17 bits per heavy atom. The van der Waals surface area contributed by atoms with Crippen molar-refractivity contribution < 1.29 is 17.6 Å². The Labute approximate surface area is 144 Å². The smallest absolute Gasteiger partial charge is 0.255 e. The Balaban J connectivity index is 1.98. The lowest BCUT2D eigenvalue weighted by Crippen LogP contribution is -2.24. The minimum Gasteiger partial charge on any atom is -0.321 e. The quantitative estimate of drug-likeness (QED) is 0.821. The molecule has 0 fully saturated rings. The average Bonchev–Trinajstić information content (AvgIpc) is 2.49. The van der Waals surface area contributed by atoms with Gasteiger partial charge in [-0.2, -0.15) is 0 Å². The monoisotopic (exact) mass is 370 g/mol. The highest BCUT2D eigenvalue weighted by atomic mass is 35.5. The molecule has 24 heavy (non-hydrogen) atoms. The number of rotatable bonds is 6. The summed E-state index contributed by atoms with van der Waals surface area (Å²) in [6.45, 7) is 0.287. The van der Waals surface area contributed by atoms with Crippen molar-refractivity contribution in [3.05, 3.63) is 64.4 Å². The maximum Gasteiger partial charge on any atom is 0.255 e. The molecule has 1 amide bonds. The zero-order valence-corrected chi connectivity index (χ0v) is 14.4. The van der Waals surface area contributed by atoms with Crippen LogP contribution in [0, 0.1) is 5.82 Å². The van der Waals surface area contributed by atoms with E-state index in [-0.39, 0.29) is 17.5 Å². The van der Waals surface area contributed by atoms with Gasteiger partial charge < -0.3 is 5.32 Å². The van der Waals surface area contributed by atoms with Gasteiger partial charge >= 0.3 is 0 Å². The Kier molecular flexibility index (Phi) is 5.93. The molecule has 2 N–H and O–H groups in total. The molecule has 128 valence electrons. The van der Waals surface area contributed by atoms with E-state index in [1.807, 2.05) is 0 Å². The van der Waals surface area contributed by atoms with Crippen LogP contribution < -0.4 is 10.0 Å². The summed E-state index contributed by atoms with van der Waals surface area (Å²) >= 11 is 5.87. The Bertz CT molecular complexity index is 839. The second-order valence-electron chi connectivity index (χ2n) is 5.19. The second kappa shape index (κ2) is 7.74. The van der Waals surface area contributed by atoms with Crippen LogP contribution in [0.5, 0.6) is 0 Å². The van der Waals surface area contributed by atoms with Crippen molar-refractivity contribution in [1.82, 2.24) is 4.72 Å². The van der Waals surface area contributed by atoms with E-state index >= 15 is 0 Å². The van der Waals surface area contributed by atoms with Crippen LogP contribution >= 0.6 is 11.6 Å². The van der Waals surface area contributed by atoms with Gasteiger partial charge in [0.2, 0.25) is 10.0 Å². The minimum absolute atomic E-state index is 0.117. The number of nitrogens with one attached hydrogen (secondary N) is 2. The number of amides is 1. The summed E-state index contributed by atoms with van der Waals surface area (Å²) in [7, 11) is -3.21. The van der Waals surface area contributed by atoms with Gasteiger partial charge in [-0.25, -0.2) is 17.5 Å². The molecule has 5 nitrogen and oxygen atoms in total. The largest absolute Gasteiger partial charge is 0.321 e. The van der Waals surface area contributed by atoms with Crippen molar-refractivity contribution in [3.8, 4) is 0 Å². The third-order valence-corrected chi connectivity index (χ3v) is 4.21. The van der Waals surface area contributed by atoms with Crippen LogP contribution in [0.2, 0.25) is 5.02 Å². The fraction of sp³-hybridized carbons (Fsp3) is 0.188. The van der Waals surface area contributed by atoms with Gasteiger partial charge in [-0.15, -0.1) is 0 Å². The summed E-state index contributed by atoms with van der Waals surface area (Å²) in [5.74, 6) is -0.852. The third-order valence-electron chi connectivity index (χ3n) is 3.17. The molecule has 0 radical (unpaired) electrons. The normalized spacial score (nSPS) is 11.3. The lowest BCUT2D eigenvalue weighted by Gasteiger charge is -2.08. The van der Waals surface area contributed by atoms with E-state index < -0.39 is 15.8 Å². The molecular formula is C16H16ClFN2O3S. The van der Waals surface area contributed by atoms with Crippen LogP contribution in [0.1, 0.15) is 15.9 Å². The van der Waals surface area contributed by atoms with Crippen LogP contribution in [-0.4, -0.2) is 27.1 Å². The molecule has 2 aromatic rings. The maximum absolute atomic E-state index is 13.0. The Morgan fingerprint density at radius 3 is 2.42 bits per heavy atom. The molecule has 0 saturated heterocycles. The third kappa shape index (κ3) is 5.59. The van der Waals surface area contributed by atoms with Gasteiger partial charge in [-0.3, -0.25) is 4.79 Å². The highest BCUT2D eigenvalue weighted by Crippen LogP contribution is 2.23. The fourth-order valence-electron chi connectivity index (χ4n) is 1.99. The number of anilines is 1. The predicted molar refractivity (Wildman–Crippen MR) is 92.4 cm³/mol. The first-order valence-electron chi connectivity index (χ1n) is 7.04. The van der Waals surface area contributed by atoms with E-state index in [1.54, 1.807) is 24.3 Å². The highest BCUT2D eigenvalue weighted by molar-refractivity contribution is 7.88. The zero-order valence-electron chi connectivity index (χ0n) is 12.8. The molecule has 0 saturated carbocycles. The number of halogens is 2. The second-order valence-corrected chi connectivity index (χ2v) is 7.43. The van der Waals surface area contributed by atoms with Gasteiger partial charge in [0, 0.05) is 12.1 Å².